The highest BCUT2D eigenvalue weighted by molar-refractivity contribution is 7.69. The van der Waals surface area contributed by atoms with Gasteiger partial charge in [0, 0.05) is 22.3 Å². The topological polar surface area (TPSA) is 0 Å². The van der Waals surface area contributed by atoms with Crippen LogP contribution < -0.4 is 0 Å². The van der Waals surface area contributed by atoms with Crippen molar-refractivity contribution in [3.63, 3.8) is 0 Å². The van der Waals surface area contributed by atoms with E-state index in [1.54, 1.807) is 0 Å². The van der Waals surface area contributed by atoms with E-state index in [4.69, 9.17) is 13.1 Å². The average Bonchev–Trinajstić information content (AvgIpc) is 1.58. The molecule has 0 aromatic rings. The summed E-state index contributed by atoms with van der Waals surface area (Å²) in [5.41, 5.74) is 0. The molecule has 64 valence electrons. The van der Waals surface area contributed by atoms with Crippen molar-refractivity contribution in [2.75, 3.05) is 0 Å². The fourth-order valence-electron chi connectivity index (χ4n) is 0.830. The monoisotopic (exact) mass is 200 g/mol. The first kappa shape index (κ1) is 11.7. The number of hydrogen-bond donors (Lipinski definition) is 0. The summed E-state index contributed by atoms with van der Waals surface area (Å²) in [4.78, 5) is 0. The molecule has 0 unspecified atom stereocenters. The summed E-state index contributed by atoms with van der Waals surface area (Å²) in [6.45, 7) is 26.2. The molecule has 0 atom stereocenters. The minimum Gasteiger partial charge on any atom is -0.0731 e. The largest absolute Gasteiger partial charge is 0.0731 e. The summed E-state index contributed by atoms with van der Waals surface area (Å²) in [6.07, 6.45) is 0. The maximum atomic E-state index is 6.25. The Morgan fingerprint density at radius 2 is 0.818 bits per heavy atom. The molecule has 3 heteroatoms. The Morgan fingerprint density at radius 3 is 0.818 bits per heavy atom. The van der Waals surface area contributed by atoms with Crippen LogP contribution in [0.3, 0.4) is 0 Å². The third-order valence-corrected chi connectivity index (χ3v) is 40.6. The Balaban J connectivity index is 4.75. The first-order valence-corrected chi connectivity index (χ1v) is 15.2. The molecule has 0 heterocycles. The van der Waals surface area contributed by atoms with E-state index in [-0.39, 0.29) is 0 Å². The fraction of sp³-hybridized carbons (Fsp3) is 0.750. The molecule has 0 aliphatic rings. The van der Waals surface area contributed by atoms with Crippen LogP contribution in [0, 0.1) is 13.1 Å². The number of rotatable bonds is 2. The lowest BCUT2D eigenvalue weighted by molar-refractivity contribution is 1.78. The predicted molar refractivity (Wildman–Crippen MR) is 61.0 cm³/mol. The highest BCUT2D eigenvalue weighted by Gasteiger charge is 2.46. The van der Waals surface area contributed by atoms with Crippen LogP contribution in [-0.4, -0.2) is 22.3 Å². The molecule has 0 bridgehead atoms. The quantitative estimate of drug-likeness (QED) is 0.602. The molecular weight excluding hydrogens is 180 g/mol. The molecule has 0 aromatic carbocycles. The zero-order valence-electron chi connectivity index (χ0n) is 8.65. The van der Waals surface area contributed by atoms with Crippen molar-refractivity contribution in [3.8, 4) is 0 Å². The second-order valence-electron chi connectivity index (χ2n) is 5.07. The van der Waals surface area contributed by atoms with E-state index in [9.17, 15) is 0 Å². The Morgan fingerprint density at radius 1 is 0.636 bits per heavy atom. The van der Waals surface area contributed by atoms with Crippen molar-refractivity contribution < 1.29 is 0 Å². The molecule has 0 aliphatic heterocycles. The van der Waals surface area contributed by atoms with Crippen molar-refractivity contribution in [2.45, 2.75) is 39.3 Å². The normalized spacial score (nSPS) is 15.3. The van der Waals surface area contributed by atoms with E-state index in [0.717, 1.165) is 0 Å². The van der Waals surface area contributed by atoms with Gasteiger partial charge >= 0.3 is 0 Å². The van der Waals surface area contributed by atoms with Crippen LogP contribution in [0.1, 0.15) is 0 Å². The Hall–Kier alpha value is 0.651. The van der Waals surface area contributed by atoms with E-state index in [0.29, 0.717) is 0 Å². The van der Waals surface area contributed by atoms with Gasteiger partial charge in [0.1, 0.15) is 0 Å². The van der Waals surface area contributed by atoms with E-state index >= 15 is 0 Å². The zero-order valence-corrected chi connectivity index (χ0v) is 11.7. The van der Waals surface area contributed by atoms with Crippen LogP contribution in [0.5, 0.6) is 0 Å². The molecule has 0 aromatic heterocycles. The molecular formula is C8H20Si3. The van der Waals surface area contributed by atoms with Gasteiger partial charge in [0.2, 0.25) is 0 Å². The molecule has 0 saturated carbocycles. The SMILES string of the molecule is [CH][Si](C)(C)[Si](C)(C)[Si]([CH])(C)C. The molecule has 0 fully saturated rings. The predicted octanol–water partition coefficient (Wildman–Crippen LogP) is 2.77. The van der Waals surface area contributed by atoms with Crippen molar-refractivity contribution in [1.82, 2.24) is 0 Å². The molecule has 0 nitrogen and oxygen atoms in total. The molecule has 4 radical (unpaired) electrons. The summed E-state index contributed by atoms with van der Waals surface area (Å²) in [7, 11) is -4.16. The highest BCUT2D eigenvalue weighted by Crippen LogP contribution is 2.27. The smallest absolute Gasteiger partial charge is 0.0417 e. The third kappa shape index (κ3) is 2.29. The zero-order chi connectivity index (χ0) is 9.50. The second kappa shape index (κ2) is 2.85. The van der Waals surface area contributed by atoms with Crippen molar-refractivity contribution in [1.29, 1.82) is 0 Å². The molecule has 0 rings (SSSR count). The number of hydrogen-bond acceptors (Lipinski definition) is 0. The summed E-state index contributed by atoms with van der Waals surface area (Å²) in [5.74, 6) is 0. The van der Waals surface area contributed by atoms with E-state index in [1.165, 1.54) is 0 Å². The first-order valence-electron chi connectivity index (χ1n) is 4.08. The van der Waals surface area contributed by atoms with Gasteiger partial charge in [-0.3, -0.25) is 0 Å². The fourth-order valence-corrected chi connectivity index (χ4v) is 22.4. The summed E-state index contributed by atoms with van der Waals surface area (Å²) < 4.78 is 0. The maximum Gasteiger partial charge on any atom is 0.0417 e. The van der Waals surface area contributed by atoms with Gasteiger partial charge in [0.15, 0.2) is 0 Å². The first-order chi connectivity index (χ1) is 4.50. The van der Waals surface area contributed by atoms with Crippen molar-refractivity contribution in [3.05, 3.63) is 13.1 Å². The van der Waals surface area contributed by atoms with Gasteiger partial charge in [0.25, 0.3) is 0 Å². The average molecular weight is 201 g/mol. The molecule has 0 aliphatic carbocycles. The van der Waals surface area contributed by atoms with Gasteiger partial charge in [-0.15, -0.1) is 0 Å². The summed E-state index contributed by atoms with van der Waals surface area (Å²) in [5, 5.41) is 0. The molecule has 0 amide bonds. The molecule has 0 spiro atoms. The van der Waals surface area contributed by atoms with Crippen LogP contribution in [-0.2, 0) is 0 Å². The Bertz CT molecular complexity index is 120. The third-order valence-electron chi connectivity index (χ3n) is 3.22. The van der Waals surface area contributed by atoms with E-state index in [1.807, 2.05) is 0 Å². The van der Waals surface area contributed by atoms with Crippen LogP contribution in [0.4, 0.5) is 0 Å². The van der Waals surface area contributed by atoms with Gasteiger partial charge in [-0.1, -0.05) is 39.3 Å². The molecule has 0 N–H and O–H groups in total. The van der Waals surface area contributed by atoms with Gasteiger partial charge in [-0.05, 0) is 13.1 Å². The highest BCUT2D eigenvalue weighted by atomic mass is 29.6. The summed E-state index contributed by atoms with van der Waals surface area (Å²) in [6, 6.07) is 0. The lowest BCUT2D eigenvalue weighted by Gasteiger charge is -2.44. The lowest BCUT2D eigenvalue weighted by Crippen LogP contribution is -2.68. The second-order valence-corrected chi connectivity index (χ2v) is 31.9. The summed E-state index contributed by atoms with van der Waals surface area (Å²) >= 11 is 0. The van der Waals surface area contributed by atoms with Crippen molar-refractivity contribution in [2.24, 2.45) is 0 Å². The van der Waals surface area contributed by atoms with E-state index < -0.39 is 22.3 Å². The van der Waals surface area contributed by atoms with Crippen LogP contribution in [0.2, 0.25) is 39.3 Å². The lowest BCUT2D eigenvalue weighted by atomic mass is 11.8. The Kier molecular flexibility index (Phi) is 3.02. The van der Waals surface area contributed by atoms with Gasteiger partial charge < -0.3 is 0 Å². The van der Waals surface area contributed by atoms with Crippen LogP contribution >= 0.6 is 0 Å². The van der Waals surface area contributed by atoms with Gasteiger partial charge in [-0.2, -0.15) is 0 Å². The van der Waals surface area contributed by atoms with E-state index in [2.05, 4.69) is 39.3 Å². The van der Waals surface area contributed by atoms with Crippen molar-refractivity contribution >= 4 is 22.3 Å². The minimum absolute atomic E-state index is 1.27. The minimum atomic E-state index is -1.44. The maximum absolute atomic E-state index is 6.25. The molecule has 0 saturated heterocycles. The molecule has 11 heavy (non-hydrogen) atoms. The van der Waals surface area contributed by atoms with Crippen LogP contribution in [0.25, 0.3) is 0 Å². The standard InChI is InChI=1S/C8H20Si3/c1-9(2,3)11(7,8)10(4,5)6/h1,4H,2-3,5-8H3. The van der Waals surface area contributed by atoms with Crippen LogP contribution in [0.15, 0.2) is 0 Å². The Labute approximate surface area is 75.0 Å². The van der Waals surface area contributed by atoms with Gasteiger partial charge in [-0.25, -0.2) is 0 Å². The van der Waals surface area contributed by atoms with Gasteiger partial charge in [0.05, 0.1) is 0 Å².